The average molecular weight is 250 g/mol. The molecule has 0 aliphatic carbocycles. The highest BCUT2D eigenvalue weighted by molar-refractivity contribution is 5.97. The molecule has 0 atom stereocenters. The molecule has 4 nitrogen and oxygen atoms in total. The van der Waals surface area contributed by atoms with Crippen LogP contribution in [0.4, 0.5) is 0 Å². The van der Waals surface area contributed by atoms with Gasteiger partial charge in [0, 0.05) is 6.61 Å². The van der Waals surface area contributed by atoms with Gasteiger partial charge in [-0.25, -0.2) is 0 Å². The molecule has 1 aromatic rings. The van der Waals surface area contributed by atoms with Crippen molar-refractivity contribution in [2.75, 3.05) is 13.7 Å². The van der Waals surface area contributed by atoms with E-state index in [2.05, 4.69) is 13.8 Å². The third kappa shape index (κ3) is 4.37. The normalized spacial score (nSPS) is 10.7. The van der Waals surface area contributed by atoms with E-state index >= 15 is 0 Å². The van der Waals surface area contributed by atoms with Crippen molar-refractivity contribution in [3.8, 4) is 5.75 Å². The summed E-state index contributed by atoms with van der Waals surface area (Å²) in [5, 5.41) is 7.50. The molecule has 0 heterocycles. The zero-order valence-electron chi connectivity index (χ0n) is 11.3. The van der Waals surface area contributed by atoms with Crippen LogP contribution in [-0.4, -0.2) is 19.6 Å². The average Bonchev–Trinajstić information content (AvgIpc) is 2.34. The Morgan fingerprint density at radius 2 is 2.11 bits per heavy atom. The van der Waals surface area contributed by atoms with Crippen molar-refractivity contribution < 1.29 is 9.47 Å². The molecule has 1 rings (SSSR count). The van der Waals surface area contributed by atoms with Gasteiger partial charge in [0.25, 0.3) is 0 Å². The predicted octanol–water partition coefficient (Wildman–Crippen LogP) is 2.54. The van der Waals surface area contributed by atoms with Crippen LogP contribution >= 0.6 is 0 Å². The molecule has 1 aromatic carbocycles. The minimum atomic E-state index is 0.0101. The van der Waals surface area contributed by atoms with Crippen LogP contribution in [0.1, 0.15) is 31.4 Å². The Labute approximate surface area is 109 Å². The van der Waals surface area contributed by atoms with Crippen molar-refractivity contribution in [3.63, 3.8) is 0 Å². The SMILES string of the molecule is COc1ccc(COCCC(C)C)cc1C(=N)N. The highest BCUT2D eigenvalue weighted by Crippen LogP contribution is 2.19. The minimum Gasteiger partial charge on any atom is -0.496 e. The Bertz CT molecular complexity index is 403. The molecule has 0 bridgehead atoms. The summed E-state index contributed by atoms with van der Waals surface area (Å²) in [6.45, 7) is 5.63. The molecule has 0 aromatic heterocycles. The van der Waals surface area contributed by atoms with Crippen LogP contribution in [0, 0.1) is 11.3 Å². The first-order valence-electron chi connectivity index (χ1n) is 6.13. The van der Waals surface area contributed by atoms with Crippen molar-refractivity contribution in [2.45, 2.75) is 26.9 Å². The fourth-order valence-corrected chi connectivity index (χ4v) is 1.56. The van der Waals surface area contributed by atoms with Crippen molar-refractivity contribution in [2.24, 2.45) is 11.7 Å². The standard InChI is InChI=1S/C14H22N2O2/c1-10(2)6-7-18-9-11-4-5-13(17-3)12(8-11)14(15)16/h4-5,8,10H,6-7,9H2,1-3H3,(H3,15,16). The van der Waals surface area contributed by atoms with E-state index in [9.17, 15) is 0 Å². The summed E-state index contributed by atoms with van der Waals surface area (Å²) < 4.78 is 10.7. The zero-order chi connectivity index (χ0) is 13.5. The van der Waals surface area contributed by atoms with Crippen LogP contribution in [0.15, 0.2) is 18.2 Å². The summed E-state index contributed by atoms with van der Waals surface area (Å²) in [5.41, 5.74) is 7.13. The van der Waals surface area contributed by atoms with Crippen molar-refractivity contribution >= 4 is 5.84 Å². The third-order valence-electron chi connectivity index (χ3n) is 2.66. The first kappa shape index (κ1) is 14.5. The number of nitrogen functional groups attached to an aromatic ring is 1. The Hall–Kier alpha value is -1.55. The molecule has 0 aliphatic heterocycles. The molecule has 100 valence electrons. The zero-order valence-corrected chi connectivity index (χ0v) is 11.3. The lowest BCUT2D eigenvalue weighted by Gasteiger charge is -2.10. The number of rotatable bonds is 7. The lowest BCUT2D eigenvalue weighted by atomic mass is 10.1. The minimum absolute atomic E-state index is 0.0101. The maximum atomic E-state index is 7.50. The third-order valence-corrected chi connectivity index (χ3v) is 2.66. The van der Waals surface area contributed by atoms with Crippen LogP contribution in [-0.2, 0) is 11.3 Å². The molecule has 3 N–H and O–H groups in total. The number of nitrogens with two attached hydrogens (primary N) is 1. The molecule has 0 fully saturated rings. The van der Waals surface area contributed by atoms with Gasteiger partial charge in [0.2, 0.25) is 0 Å². The number of ether oxygens (including phenoxy) is 2. The largest absolute Gasteiger partial charge is 0.496 e. The molecule has 0 saturated carbocycles. The van der Waals surface area contributed by atoms with Gasteiger partial charge < -0.3 is 15.2 Å². The van der Waals surface area contributed by atoms with E-state index in [4.69, 9.17) is 20.6 Å². The van der Waals surface area contributed by atoms with Gasteiger partial charge in [-0.15, -0.1) is 0 Å². The second kappa shape index (κ2) is 7.01. The Morgan fingerprint density at radius 3 is 2.67 bits per heavy atom. The Kier molecular flexibility index (Phi) is 5.65. The maximum Gasteiger partial charge on any atom is 0.129 e. The van der Waals surface area contributed by atoms with Gasteiger partial charge in [-0.1, -0.05) is 19.9 Å². The van der Waals surface area contributed by atoms with Gasteiger partial charge in [-0.3, -0.25) is 5.41 Å². The van der Waals surface area contributed by atoms with E-state index in [1.165, 1.54) is 0 Å². The smallest absolute Gasteiger partial charge is 0.129 e. The Morgan fingerprint density at radius 1 is 1.39 bits per heavy atom. The number of hydrogen-bond donors (Lipinski definition) is 2. The number of methoxy groups -OCH3 is 1. The van der Waals surface area contributed by atoms with Gasteiger partial charge in [-0.2, -0.15) is 0 Å². The summed E-state index contributed by atoms with van der Waals surface area (Å²) in [7, 11) is 1.57. The maximum absolute atomic E-state index is 7.50. The fraction of sp³-hybridized carbons (Fsp3) is 0.500. The van der Waals surface area contributed by atoms with Crippen molar-refractivity contribution in [1.29, 1.82) is 5.41 Å². The van der Waals surface area contributed by atoms with Gasteiger partial charge in [-0.05, 0) is 30.0 Å². The van der Waals surface area contributed by atoms with Gasteiger partial charge in [0.05, 0.1) is 19.3 Å². The highest BCUT2D eigenvalue weighted by atomic mass is 16.5. The lowest BCUT2D eigenvalue weighted by Crippen LogP contribution is -2.13. The summed E-state index contributed by atoms with van der Waals surface area (Å²) in [4.78, 5) is 0. The first-order chi connectivity index (χ1) is 8.54. The van der Waals surface area contributed by atoms with Crippen LogP contribution < -0.4 is 10.5 Å². The van der Waals surface area contributed by atoms with Crippen molar-refractivity contribution in [3.05, 3.63) is 29.3 Å². The lowest BCUT2D eigenvalue weighted by molar-refractivity contribution is 0.110. The summed E-state index contributed by atoms with van der Waals surface area (Å²) in [6.07, 6.45) is 1.05. The quantitative estimate of drug-likeness (QED) is 0.444. The molecular formula is C14H22N2O2. The molecule has 0 radical (unpaired) electrons. The predicted molar refractivity (Wildman–Crippen MR) is 73.1 cm³/mol. The molecule has 18 heavy (non-hydrogen) atoms. The van der Waals surface area contributed by atoms with E-state index in [0.29, 0.717) is 23.8 Å². The van der Waals surface area contributed by atoms with E-state index in [1.54, 1.807) is 7.11 Å². The molecule has 0 spiro atoms. The first-order valence-corrected chi connectivity index (χ1v) is 6.13. The molecule has 0 aliphatic rings. The van der Waals surface area contributed by atoms with Crippen molar-refractivity contribution in [1.82, 2.24) is 0 Å². The summed E-state index contributed by atoms with van der Waals surface area (Å²) >= 11 is 0. The van der Waals surface area contributed by atoms with E-state index in [0.717, 1.165) is 18.6 Å². The fourth-order valence-electron chi connectivity index (χ4n) is 1.56. The second-order valence-corrected chi connectivity index (χ2v) is 4.68. The highest BCUT2D eigenvalue weighted by Gasteiger charge is 2.07. The van der Waals surface area contributed by atoms with E-state index < -0.39 is 0 Å². The van der Waals surface area contributed by atoms with Gasteiger partial charge in [0.15, 0.2) is 0 Å². The molecule has 4 heteroatoms. The number of amidine groups is 1. The van der Waals surface area contributed by atoms with Crippen LogP contribution in [0.3, 0.4) is 0 Å². The van der Waals surface area contributed by atoms with Crippen LogP contribution in [0.25, 0.3) is 0 Å². The monoisotopic (exact) mass is 250 g/mol. The van der Waals surface area contributed by atoms with E-state index in [1.807, 2.05) is 18.2 Å². The molecule has 0 amide bonds. The van der Waals surface area contributed by atoms with Gasteiger partial charge >= 0.3 is 0 Å². The number of benzene rings is 1. The second-order valence-electron chi connectivity index (χ2n) is 4.68. The number of nitrogens with one attached hydrogen (secondary N) is 1. The summed E-state index contributed by atoms with van der Waals surface area (Å²) in [5.74, 6) is 1.28. The topological polar surface area (TPSA) is 68.3 Å². The summed E-state index contributed by atoms with van der Waals surface area (Å²) in [6, 6.07) is 5.59. The van der Waals surface area contributed by atoms with Crippen LogP contribution in [0.5, 0.6) is 5.75 Å². The van der Waals surface area contributed by atoms with E-state index in [-0.39, 0.29) is 5.84 Å². The molecule has 0 unspecified atom stereocenters. The van der Waals surface area contributed by atoms with Gasteiger partial charge in [0.1, 0.15) is 11.6 Å². The molecular weight excluding hydrogens is 228 g/mol. The Balaban J connectivity index is 2.62. The van der Waals surface area contributed by atoms with Crippen LogP contribution in [0.2, 0.25) is 0 Å². The molecule has 0 saturated heterocycles. The number of hydrogen-bond acceptors (Lipinski definition) is 3.